The van der Waals surface area contributed by atoms with Crippen LogP contribution >= 0.6 is 34.7 Å². The van der Waals surface area contributed by atoms with Gasteiger partial charge in [-0.05, 0) is 35.7 Å². The monoisotopic (exact) mass is 226 g/mol. The van der Waals surface area contributed by atoms with E-state index in [1.54, 1.807) is 23.1 Å². The molecule has 1 heterocycles. The molecule has 0 unspecified atom stereocenters. The van der Waals surface area contributed by atoms with Crippen LogP contribution in [0.3, 0.4) is 0 Å². The smallest absolute Gasteiger partial charge is 0.0646 e. The maximum absolute atomic E-state index is 5.79. The Kier molecular flexibility index (Phi) is 2.94. The van der Waals surface area contributed by atoms with E-state index in [4.69, 9.17) is 11.6 Å². The molecule has 3 heteroatoms. The zero-order valence-electron chi connectivity index (χ0n) is 6.74. The van der Waals surface area contributed by atoms with Crippen molar-refractivity contribution in [2.45, 2.75) is 9.10 Å². The molecule has 0 bridgehead atoms. The average molecular weight is 227 g/mol. The first-order valence-electron chi connectivity index (χ1n) is 3.81. The number of hydrogen-bond acceptors (Lipinski definition) is 2. The predicted molar refractivity (Wildman–Crippen MR) is 59.9 cm³/mol. The van der Waals surface area contributed by atoms with Gasteiger partial charge >= 0.3 is 0 Å². The van der Waals surface area contributed by atoms with Gasteiger partial charge in [-0.15, -0.1) is 11.3 Å². The van der Waals surface area contributed by atoms with Crippen LogP contribution in [-0.2, 0) is 0 Å². The van der Waals surface area contributed by atoms with Crippen LogP contribution in [0.4, 0.5) is 0 Å². The van der Waals surface area contributed by atoms with Crippen LogP contribution in [-0.4, -0.2) is 0 Å². The molecule has 0 aliphatic heterocycles. The van der Waals surface area contributed by atoms with Crippen molar-refractivity contribution in [2.24, 2.45) is 0 Å². The van der Waals surface area contributed by atoms with Gasteiger partial charge in [0, 0.05) is 9.92 Å². The summed E-state index contributed by atoms with van der Waals surface area (Å²) >= 11 is 9.30. The Hall–Kier alpha value is -0.440. The lowest BCUT2D eigenvalue weighted by Crippen LogP contribution is -1.68. The van der Waals surface area contributed by atoms with Gasteiger partial charge < -0.3 is 0 Å². The van der Waals surface area contributed by atoms with Gasteiger partial charge in [-0.1, -0.05) is 29.4 Å². The Morgan fingerprint density at radius 3 is 2.46 bits per heavy atom. The van der Waals surface area contributed by atoms with E-state index >= 15 is 0 Å². The number of benzene rings is 1. The molecule has 1 aromatic carbocycles. The maximum atomic E-state index is 5.79. The van der Waals surface area contributed by atoms with E-state index in [-0.39, 0.29) is 0 Å². The fraction of sp³-hybridized carbons (Fsp3) is 0. The zero-order valence-corrected chi connectivity index (χ0v) is 9.12. The lowest BCUT2D eigenvalue weighted by atomic mass is 10.4. The Morgan fingerprint density at radius 1 is 1.08 bits per heavy atom. The van der Waals surface area contributed by atoms with Gasteiger partial charge in [0.2, 0.25) is 0 Å². The standard InChI is InChI=1S/C10H7ClS2/c11-8-3-5-9(6-4-8)13-10-2-1-7-12-10/h1-7H. The van der Waals surface area contributed by atoms with Gasteiger partial charge in [0.25, 0.3) is 0 Å². The van der Waals surface area contributed by atoms with E-state index in [0.717, 1.165) is 5.02 Å². The first-order valence-corrected chi connectivity index (χ1v) is 5.89. The zero-order chi connectivity index (χ0) is 9.10. The van der Waals surface area contributed by atoms with Crippen LogP contribution in [0.1, 0.15) is 0 Å². The summed E-state index contributed by atoms with van der Waals surface area (Å²) in [6, 6.07) is 12.1. The third-order valence-electron chi connectivity index (χ3n) is 1.53. The van der Waals surface area contributed by atoms with Crippen molar-refractivity contribution < 1.29 is 0 Å². The first-order chi connectivity index (χ1) is 6.34. The summed E-state index contributed by atoms with van der Waals surface area (Å²) in [5.74, 6) is 0. The number of hydrogen-bond donors (Lipinski definition) is 0. The Morgan fingerprint density at radius 2 is 1.85 bits per heavy atom. The molecule has 1 aromatic heterocycles. The molecule has 0 nitrogen and oxygen atoms in total. The molecule has 0 N–H and O–H groups in total. The van der Waals surface area contributed by atoms with Crippen LogP contribution in [0, 0.1) is 0 Å². The number of halogens is 1. The van der Waals surface area contributed by atoms with Crippen molar-refractivity contribution in [3.63, 3.8) is 0 Å². The SMILES string of the molecule is Clc1ccc(Sc2cccs2)cc1. The van der Waals surface area contributed by atoms with Crippen LogP contribution in [0.15, 0.2) is 50.9 Å². The fourth-order valence-corrected chi connectivity index (χ4v) is 2.81. The largest absolute Gasteiger partial charge is 0.137 e. The molecule has 0 saturated carbocycles. The minimum Gasteiger partial charge on any atom is -0.137 e. The third kappa shape index (κ3) is 2.50. The highest BCUT2D eigenvalue weighted by Crippen LogP contribution is 2.31. The summed E-state index contributed by atoms with van der Waals surface area (Å²) in [7, 11) is 0. The molecule has 0 fully saturated rings. The Labute approximate surface area is 90.6 Å². The maximum Gasteiger partial charge on any atom is 0.0646 e. The Bertz CT molecular complexity index is 364. The second-order valence-corrected chi connectivity index (χ2v) is 5.25. The van der Waals surface area contributed by atoms with E-state index in [1.165, 1.54) is 9.10 Å². The van der Waals surface area contributed by atoms with Gasteiger partial charge in [0.05, 0.1) is 4.21 Å². The van der Waals surface area contributed by atoms with Gasteiger partial charge in [-0.25, -0.2) is 0 Å². The molecule has 0 radical (unpaired) electrons. The molecule has 0 spiro atoms. The molecule has 0 atom stereocenters. The highest BCUT2D eigenvalue weighted by atomic mass is 35.5. The molecular weight excluding hydrogens is 220 g/mol. The molecule has 0 aliphatic carbocycles. The number of thiophene rings is 1. The topological polar surface area (TPSA) is 0 Å². The van der Waals surface area contributed by atoms with Gasteiger partial charge in [0.1, 0.15) is 0 Å². The second kappa shape index (κ2) is 4.18. The molecule has 2 rings (SSSR count). The molecule has 0 saturated heterocycles. The Balaban J connectivity index is 2.15. The van der Waals surface area contributed by atoms with E-state index in [0.29, 0.717) is 0 Å². The molecule has 2 aromatic rings. The van der Waals surface area contributed by atoms with Crippen LogP contribution < -0.4 is 0 Å². The molecule has 66 valence electrons. The fourth-order valence-electron chi connectivity index (χ4n) is 0.940. The third-order valence-corrected chi connectivity index (χ3v) is 3.82. The molecule has 0 amide bonds. The van der Waals surface area contributed by atoms with Gasteiger partial charge in [-0.2, -0.15) is 0 Å². The van der Waals surface area contributed by atoms with E-state index in [2.05, 4.69) is 17.5 Å². The van der Waals surface area contributed by atoms with Crippen molar-refractivity contribution in [3.05, 3.63) is 46.8 Å². The molecular formula is C10H7ClS2. The van der Waals surface area contributed by atoms with Crippen molar-refractivity contribution in [1.82, 2.24) is 0 Å². The lowest BCUT2D eigenvalue weighted by molar-refractivity contribution is 1.46. The van der Waals surface area contributed by atoms with Gasteiger partial charge in [0.15, 0.2) is 0 Å². The summed E-state index contributed by atoms with van der Waals surface area (Å²) in [5, 5.41) is 2.87. The number of rotatable bonds is 2. The first kappa shape index (κ1) is 9.13. The van der Waals surface area contributed by atoms with E-state index in [1.807, 2.05) is 24.3 Å². The molecule has 0 aliphatic rings. The van der Waals surface area contributed by atoms with Crippen LogP contribution in [0.25, 0.3) is 0 Å². The summed E-state index contributed by atoms with van der Waals surface area (Å²) in [6.07, 6.45) is 0. The normalized spacial score (nSPS) is 10.2. The van der Waals surface area contributed by atoms with Crippen molar-refractivity contribution in [1.29, 1.82) is 0 Å². The average Bonchev–Trinajstić information content (AvgIpc) is 2.62. The predicted octanol–water partition coefficient (Wildman–Crippen LogP) is 4.55. The lowest BCUT2D eigenvalue weighted by Gasteiger charge is -1.97. The molecule has 13 heavy (non-hydrogen) atoms. The van der Waals surface area contributed by atoms with Crippen molar-refractivity contribution in [2.75, 3.05) is 0 Å². The van der Waals surface area contributed by atoms with Crippen LogP contribution in [0.2, 0.25) is 5.02 Å². The quantitative estimate of drug-likeness (QED) is 0.724. The van der Waals surface area contributed by atoms with E-state index in [9.17, 15) is 0 Å². The summed E-state index contributed by atoms with van der Waals surface area (Å²) in [4.78, 5) is 1.23. The highest BCUT2D eigenvalue weighted by Gasteiger charge is 1.97. The van der Waals surface area contributed by atoms with Gasteiger partial charge in [-0.3, -0.25) is 0 Å². The second-order valence-electron chi connectivity index (χ2n) is 2.49. The minimum absolute atomic E-state index is 0.788. The highest BCUT2D eigenvalue weighted by molar-refractivity contribution is 8.01. The minimum atomic E-state index is 0.788. The summed E-state index contributed by atoms with van der Waals surface area (Å²) in [6.45, 7) is 0. The van der Waals surface area contributed by atoms with Crippen molar-refractivity contribution in [3.8, 4) is 0 Å². The van der Waals surface area contributed by atoms with Crippen LogP contribution in [0.5, 0.6) is 0 Å². The summed E-state index contributed by atoms with van der Waals surface area (Å²) in [5.41, 5.74) is 0. The van der Waals surface area contributed by atoms with E-state index < -0.39 is 0 Å². The van der Waals surface area contributed by atoms with Crippen molar-refractivity contribution >= 4 is 34.7 Å². The summed E-state index contributed by atoms with van der Waals surface area (Å²) < 4.78 is 1.31.